The highest BCUT2D eigenvalue weighted by molar-refractivity contribution is 6.52. The average molecular weight is 537 g/mol. The first-order valence-corrected chi connectivity index (χ1v) is 11.7. The molecule has 1 amide bonds. The summed E-state index contributed by atoms with van der Waals surface area (Å²) in [7, 11) is 0. The van der Waals surface area contributed by atoms with Gasteiger partial charge in [-0.25, -0.2) is 4.98 Å². The number of Topliss-reactive ketones (excluding diaryl/α,β-unsaturated/α-hetero) is 1. The van der Waals surface area contributed by atoms with Crippen LogP contribution in [0.2, 0.25) is 20.4 Å². The first kappa shape index (κ1) is 24.4. The van der Waals surface area contributed by atoms with Gasteiger partial charge >= 0.3 is 0 Å². The van der Waals surface area contributed by atoms with Crippen molar-refractivity contribution in [3.8, 4) is 5.75 Å². The summed E-state index contributed by atoms with van der Waals surface area (Å²) >= 11 is 25.0. The van der Waals surface area contributed by atoms with Gasteiger partial charge in [-0.15, -0.1) is 0 Å². The molecule has 0 radical (unpaired) electrons. The standard InChI is InChI=1S/C24H17Cl4N3O3/c1-2-34-16-5-6-19-17(11-16)21(22(32)24(33)30-15-7-8-29-20(27)10-15)23(28)31(19)12-13-3-4-14(25)9-18(13)26/h3-11H,2,12H2,1H3,(H,29,30,33). The van der Waals surface area contributed by atoms with Gasteiger partial charge in [0.25, 0.3) is 11.7 Å². The molecule has 174 valence electrons. The fraction of sp³-hybridized carbons (Fsp3) is 0.125. The number of nitrogens with one attached hydrogen (secondary N) is 1. The Morgan fingerprint density at radius 3 is 2.53 bits per heavy atom. The second-order valence-electron chi connectivity index (χ2n) is 7.25. The molecule has 0 unspecified atom stereocenters. The van der Waals surface area contributed by atoms with Crippen molar-refractivity contribution in [3.05, 3.63) is 86.2 Å². The zero-order valence-corrected chi connectivity index (χ0v) is 20.8. The zero-order chi connectivity index (χ0) is 24.4. The number of ether oxygens (including phenoxy) is 1. The van der Waals surface area contributed by atoms with E-state index in [1.807, 2.05) is 6.92 Å². The fourth-order valence-electron chi connectivity index (χ4n) is 3.53. The molecule has 0 aliphatic rings. The lowest BCUT2D eigenvalue weighted by atomic mass is 10.1. The molecule has 0 bridgehead atoms. The molecule has 2 heterocycles. The molecule has 0 spiro atoms. The first-order valence-electron chi connectivity index (χ1n) is 10.1. The highest BCUT2D eigenvalue weighted by atomic mass is 35.5. The van der Waals surface area contributed by atoms with Crippen LogP contribution >= 0.6 is 46.4 Å². The molecule has 0 saturated heterocycles. The Labute approximate surface area is 215 Å². The Kier molecular flexibility index (Phi) is 7.33. The Hall–Kier alpha value is -2.77. The molecule has 4 aromatic rings. The lowest BCUT2D eigenvalue weighted by molar-refractivity contribution is -0.112. The van der Waals surface area contributed by atoms with Crippen molar-refractivity contribution in [1.82, 2.24) is 9.55 Å². The van der Waals surface area contributed by atoms with Crippen LogP contribution in [0.1, 0.15) is 22.8 Å². The van der Waals surface area contributed by atoms with Crippen LogP contribution in [0.4, 0.5) is 5.69 Å². The van der Waals surface area contributed by atoms with Gasteiger partial charge in [0, 0.05) is 27.3 Å². The molecule has 0 saturated carbocycles. The summed E-state index contributed by atoms with van der Waals surface area (Å²) in [5, 5.41) is 4.26. The molecule has 0 atom stereocenters. The van der Waals surface area contributed by atoms with Crippen LogP contribution in [-0.4, -0.2) is 27.8 Å². The van der Waals surface area contributed by atoms with Crippen LogP contribution in [0.3, 0.4) is 0 Å². The summed E-state index contributed by atoms with van der Waals surface area (Å²) in [6.07, 6.45) is 1.42. The molecular weight excluding hydrogens is 520 g/mol. The number of halogens is 4. The van der Waals surface area contributed by atoms with Gasteiger partial charge < -0.3 is 14.6 Å². The third-order valence-electron chi connectivity index (χ3n) is 5.04. The van der Waals surface area contributed by atoms with E-state index in [4.69, 9.17) is 51.1 Å². The molecule has 2 aromatic carbocycles. The topological polar surface area (TPSA) is 73.2 Å². The molecular formula is C24H17Cl4N3O3. The second-order valence-corrected chi connectivity index (χ2v) is 8.84. The normalized spacial score (nSPS) is 11.0. The van der Waals surface area contributed by atoms with Crippen molar-refractivity contribution in [1.29, 1.82) is 0 Å². The van der Waals surface area contributed by atoms with E-state index in [1.54, 1.807) is 41.0 Å². The van der Waals surface area contributed by atoms with Crippen LogP contribution in [0.5, 0.6) is 5.75 Å². The summed E-state index contributed by atoms with van der Waals surface area (Å²) in [5.74, 6) is -1.13. The molecule has 0 aliphatic carbocycles. The molecule has 0 aliphatic heterocycles. The molecule has 6 nitrogen and oxygen atoms in total. The number of carbonyl (C=O) groups is 2. The molecule has 4 rings (SSSR count). The lowest BCUT2D eigenvalue weighted by Crippen LogP contribution is -2.23. The van der Waals surface area contributed by atoms with E-state index in [-0.39, 0.29) is 22.4 Å². The van der Waals surface area contributed by atoms with Gasteiger partial charge in [0.15, 0.2) is 0 Å². The highest BCUT2D eigenvalue weighted by Crippen LogP contribution is 2.35. The number of ketones is 1. The maximum Gasteiger partial charge on any atom is 0.296 e. The van der Waals surface area contributed by atoms with E-state index >= 15 is 0 Å². The number of rotatable bonds is 7. The smallest absolute Gasteiger partial charge is 0.296 e. The Balaban J connectivity index is 1.79. The van der Waals surface area contributed by atoms with Crippen molar-refractivity contribution in [2.45, 2.75) is 13.5 Å². The van der Waals surface area contributed by atoms with Crippen LogP contribution in [0, 0.1) is 0 Å². The minimum absolute atomic E-state index is 0.0564. The summed E-state index contributed by atoms with van der Waals surface area (Å²) in [6.45, 7) is 2.55. The average Bonchev–Trinajstić information content (AvgIpc) is 3.06. The number of amides is 1. The highest BCUT2D eigenvalue weighted by Gasteiger charge is 2.27. The number of benzene rings is 2. The number of nitrogens with zero attached hydrogens (tertiary/aromatic N) is 2. The van der Waals surface area contributed by atoms with Crippen molar-refractivity contribution >= 4 is 74.7 Å². The van der Waals surface area contributed by atoms with Gasteiger partial charge in [-0.2, -0.15) is 0 Å². The van der Waals surface area contributed by atoms with Gasteiger partial charge in [-0.05, 0) is 55.0 Å². The molecule has 10 heteroatoms. The van der Waals surface area contributed by atoms with Crippen molar-refractivity contribution in [3.63, 3.8) is 0 Å². The van der Waals surface area contributed by atoms with E-state index in [1.165, 1.54) is 18.3 Å². The van der Waals surface area contributed by atoms with Gasteiger partial charge in [0.2, 0.25) is 0 Å². The molecule has 1 N–H and O–H groups in total. The Morgan fingerprint density at radius 2 is 1.82 bits per heavy atom. The van der Waals surface area contributed by atoms with E-state index in [0.717, 1.165) is 5.56 Å². The summed E-state index contributed by atoms with van der Waals surface area (Å²) in [4.78, 5) is 30.0. The number of anilines is 1. The number of fused-ring (bicyclic) bond motifs is 1. The minimum Gasteiger partial charge on any atom is -0.494 e. The van der Waals surface area contributed by atoms with Gasteiger partial charge in [-0.1, -0.05) is 52.5 Å². The van der Waals surface area contributed by atoms with Gasteiger partial charge in [0.05, 0.1) is 24.2 Å². The van der Waals surface area contributed by atoms with E-state index in [9.17, 15) is 9.59 Å². The Bertz CT molecular complexity index is 1420. The quantitative estimate of drug-likeness (QED) is 0.158. The number of aromatic nitrogens is 2. The lowest BCUT2D eigenvalue weighted by Gasteiger charge is -2.10. The maximum absolute atomic E-state index is 13.3. The van der Waals surface area contributed by atoms with Crippen molar-refractivity contribution < 1.29 is 14.3 Å². The van der Waals surface area contributed by atoms with Crippen molar-refractivity contribution in [2.24, 2.45) is 0 Å². The fourth-order valence-corrected chi connectivity index (χ4v) is 4.51. The van der Waals surface area contributed by atoms with Crippen LogP contribution < -0.4 is 10.1 Å². The Morgan fingerprint density at radius 1 is 1.03 bits per heavy atom. The van der Waals surface area contributed by atoms with Crippen LogP contribution in [-0.2, 0) is 11.3 Å². The maximum atomic E-state index is 13.3. The number of pyridine rings is 1. The summed E-state index contributed by atoms with van der Waals surface area (Å²) < 4.78 is 7.31. The third kappa shape index (κ3) is 5.00. The molecule has 34 heavy (non-hydrogen) atoms. The SMILES string of the molecule is CCOc1ccc2c(c1)c(C(=O)C(=O)Nc1ccnc(Cl)c1)c(Cl)n2Cc1ccc(Cl)cc1Cl. The van der Waals surface area contributed by atoms with Crippen LogP contribution in [0.25, 0.3) is 10.9 Å². The third-order valence-corrected chi connectivity index (χ3v) is 6.23. The summed E-state index contributed by atoms with van der Waals surface area (Å²) in [6, 6.07) is 13.3. The zero-order valence-electron chi connectivity index (χ0n) is 17.7. The van der Waals surface area contributed by atoms with E-state index in [2.05, 4.69) is 10.3 Å². The number of carbonyl (C=O) groups excluding carboxylic acids is 2. The molecule has 2 aromatic heterocycles. The molecule has 0 fully saturated rings. The monoisotopic (exact) mass is 535 g/mol. The second kappa shape index (κ2) is 10.2. The predicted molar refractivity (Wildman–Crippen MR) is 136 cm³/mol. The van der Waals surface area contributed by atoms with E-state index in [0.29, 0.717) is 39.0 Å². The first-order chi connectivity index (χ1) is 16.3. The van der Waals surface area contributed by atoms with Gasteiger partial charge in [-0.3, -0.25) is 9.59 Å². The van der Waals surface area contributed by atoms with Gasteiger partial charge in [0.1, 0.15) is 16.1 Å². The predicted octanol–water partition coefficient (Wildman–Crippen LogP) is 6.92. The van der Waals surface area contributed by atoms with Crippen LogP contribution in [0.15, 0.2) is 54.7 Å². The number of hydrogen-bond donors (Lipinski definition) is 1. The number of hydrogen-bond acceptors (Lipinski definition) is 4. The van der Waals surface area contributed by atoms with Crippen molar-refractivity contribution in [2.75, 3.05) is 11.9 Å². The largest absolute Gasteiger partial charge is 0.494 e. The summed E-state index contributed by atoms with van der Waals surface area (Å²) in [5.41, 5.74) is 1.78. The minimum atomic E-state index is -0.866. The van der Waals surface area contributed by atoms with E-state index < -0.39 is 11.7 Å².